The molecule has 0 fully saturated rings. The van der Waals surface area contributed by atoms with Gasteiger partial charge in [-0.05, 0) is 12.1 Å². The summed E-state index contributed by atoms with van der Waals surface area (Å²) in [4.78, 5) is 24.0. The molecular formula is C11H12N2O4. The summed E-state index contributed by atoms with van der Waals surface area (Å²) < 4.78 is 5.34. The highest BCUT2D eigenvalue weighted by molar-refractivity contribution is 6.02. The van der Waals surface area contributed by atoms with Crippen LogP contribution >= 0.6 is 0 Å². The summed E-state index contributed by atoms with van der Waals surface area (Å²) in [5.74, 6) is -1.27. The third kappa shape index (κ3) is 1.83. The van der Waals surface area contributed by atoms with Gasteiger partial charge in [0.1, 0.15) is 11.8 Å². The number of benzene rings is 1. The summed E-state index contributed by atoms with van der Waals surface area (Å²) in [6, 6.07) is 5.52. The maximum atomic E-state index is 11.9. The first kappa shape index (κ1) is 11.4. The minimum absolute atomic E-state index is 0.455. The van der Waals surface area contributed by atoms with E-state index in [1.807, 2.05) is 0 Å². The summed E-state index contributed by atoms with van der Waals surface area (Å²) >= 11 is 0. The molecule has 0 radical (unpaired) electrons. The van der Waals surface area contributed by atoms with Crippen LogP contribution in [0.2, 0.25) is 0 Å². The number of hydrogen-bond acceptors (Lipinski definition) is 4. The molecule has 0 saturated carbocycles. The predicted molar refractivity (Wildman–Crippen MR) is 59.9 cm³/mol. The summed E-state index contributed by atoms with van der Waals surface area (Å²) in [5, 5.41) is 8.81. The quantitative estimate of drug-likeness (QED) is 0.743. The number of para-hydroxylation sites is 2. The van der Waals surface area contributed by atoms with Crippen LogP contribution in [0.25, 0.3) is 0 Å². The number of likely N-dealkylation sites (N-methyl/N-ethyl adjacent to an activating group) is 1. The number of nitrogens with two attached hydrogens (primary N) is 1. The van der Waals surface area contributed by atoms with Crippen molar-refractivity contribution in [3.05, 3.63) is 24.3 Å². The molecule has 2 rings (SSSR count). The normalized spacial score (nSPS) is 20.5. The van der Waals surface area contributed by atoms with Crippen molar-refractivity contribution in [2.24, 2.45) is 5.73 Å². The second-order valence-electron chi connectivity index (χ2n) is 3.77. The van der Waals surface area contributed by atoms with Gasteiger partial charge in [0, 0.05) is 7.05 Å². The predicted octanol–water partition coefficient (Wildman–Crippen LogP) is -0.178. The van der Waals surface area contributed by atoms with E-state index < -0.39 is 24.0 Å². The standard InChI is InChI=1S/C11H12N2O4/c1-13-6-4-2-3-5-7(6)17-9(10(13)14)8(12)11(15)16/h2-5,8-9H,12H2,1H3,(H,15,16). The van der Waals surface area contributed by atoms with Crippen LogP contribution in [0, 0.1) is 0 Å². The molecule has 3 N–H and O–H groups in total. The van der Waals surface area contributed by atoms with Crippen LogP contribution in [0.1, 0.15) is 0 Å². The number of fused-ring (bicyclic) bond motifs is 1. The molecule has 1 aromatic carbocycles. The monoisotopic (exact) mass is 236 g/mol. The first-order valence-electron chi connectivity index (χ1n) is 5.04. The first-order chi connectivity index (χ1) is 8.02. The highest BCUT2D eigenvalue weighted by Gasteiger charge is 2.39. The topological polar surface area (TPSA) is 92.9 Å². The lowest BCUT2D eigenvalue weighted by Crippen LogP contribution is -2.56. The van der Waals surface area contributed by atoms with Crippen molar-refractivity contribution in [3.63, 3.8) is 0 Å². The highest BCUT2D eigenvalue weighted by Crippen LogP contribution is 2.33. The lowest BCUT2D eigenvalue weighted by Gasteiger charge is -2.33. The van der Waals surface area contributed by atoms with Crippen molar-refractivity contribution in [3.8, 4) is 5.75 Å². The fourth-order valence-corrected chi connectivity index (χ4v) is 1.69. The third-order valence-electron chi connectivity index (χ3n) is 2.67. The molecular weight excluding hydrogens is 224 g/mol. The van der Waals surface area contributed by atoms with Crippen LogP contribution in [0.3, 0.4) is 0 Å². The largest absolute Gasteiger partial charge is 0.480 e. The minimum atomic E-state index is -1.38. The Bertz CT molecular complexity index is 474. The summed E-state index contributed by atoms with van der Waals surface area (Å²) in [6.45, 7) is 0. The van der Waals surface area contributed by atoms with Gasteiger partial charge in [0.25, 0.3) is 5.91 Å². The van der Waals surface area contributed by atoms with Crippen molar-refractivity contribution < 1.29 is 19.4 Å². The molecule has 0 aliphatic carbocycles. The van der Waals surface area contributed by atoms with Crippen molar-refractivity contribution in [2.45, 2.75) is 12.1 Å². The Morgan fingerprint density at radius 1 is 1.53 bits per heavy atom. The Morgan fingerprint density at radius 2 is 2.18 bits per heavy atom. The van der Waals surface area contributed by atoms with Gasteiger partial charge in [-0.15, -0.1) is 0 Å². The zero-order valence-electron chi connectivity index (χ0n) is 9.16. The number of carbonyl (C=O) groups excluding carboxylic acids is 1. The molecule has 0 bridgehead atoms. The maximum Gasteiger partial charge on any atom is 0.324 e. The zero-order valence-corrected chi connectivity index (χ0v) is 9.16. The van der Waals surface area contributed by atoms with Gasteiger partial charge in [0.05, 0.1) is 5.69 Å². The van der Waals surface area contributed by atoms with Crippen molar-refractivity contribution >= 4 is 17.6 Å². The number of amides is 1. The van der Waals surface area contributed by atoms with E-state index in [4.69, 9.17) is 15.6 Å². The minimum Gasteiger partial charge on any atom is -0.480 e. The van der Waals surface area contributed by atoms with Gasteiger partial charge in [0.2, 0.25) is 6.10 Å². The average molecular weight is 236 g/mol. The molecule has 2 atom stereocenters. The van der Waals surface area contributed by atoms with E-state index in [2.05, 4.69) is 0 Å². The van der Waals surface area contributed by atoms with E-state index in [-0.39, 0.29) is 0 Å². The second-order valence-corrected chi connectivity index (χ2v) is 3.77. The first-order valence-corrected chi connectivity index (χ1v) is 5.04. The number of carboxylic acid groups (broad SMARTS) is 1. The summed E-state index contributed by atoms with van der Waals surface area (Å²) in [6.07, 6.45) is -1.19. The van der Waals surface area contributed by atoms with E-state index in [1.165, 1.54) is 4.90 Å². The molecule has 1 aromatic rings. The molecule has 0 saturated heterocycles. The van der Waals surface area contributed by atoms with Crippen LogP contribution in [-0.2, 0) is 9.59 Å². The number of ether oxygens (including phenoxy) is 1. The molecule has 6 heteroatoms. The lowest BCUT2D eigenvalue weighted by molar-refractivity contribution is -0.144. The second kappa shape index (κ2) is 4.06. The van der Waals surface area contributed by atoms with Crippen LogP contribution in [0.4, 0.5) is 5.69 Å². The van der Waals surface area contributed by atoms with Gasteiger partial charge in [-0.25, -0.2) is 0 Å². The molecule has 1 aliphatic rings. The highest BCUT2D eigenvalue weighted by atomic mass is 16.5. The van der Waals surface area contributed by atoms with Crippen LogP contribution in [0.15, 0.2) is 24.3 Å². The van der Waals surface area contributed by atoms with E-state index >= 15 is 0 Å². The number of nitrogens with zero attached hydrogens (tertiary/aromatic N) is 1. The van der Waals surface area contributed by atoms with Crippen LogP contribution in [0.5, 0.6) is 5.75 Å². The molecule has 1 aliphatic heterocycles. The Labute approximate surface area is 97.6 Å². The number of hydrogen-bond donors (Lipinski definition) is 2. The smallest absolute Gasteiger partial charge is 0.324 e. The van der Waals surface area contributed by atoms with Crippen molar-refractivity contribution in [1.82, 2.24) is 0 Å². The Morgan fingerprint density at radius 3 is 2.82 bits per heavy atom. The Hall–Kier alpha value is -2.08. The fourth-order valence-electron chi connectivity index (χ4n) is 1.69. The van der Waals surface area contributed by atoms with Crippen LogP contribution < -0.4 is 15.4 Å². The van der Waals surface area contributed by atoms with E-state index in [1.54, 1.807) is 31.3 Å². The number of aliphatic carboxylic acids is 1. The molecule has 90 valence electrons. The summed E-state index contributed by atoms with van der Waals surface area (Å²) in [5.41, 5.74) is 6.03. The van der Waals surface area contributed by atoms with Gasteiger partial charge in [-0.3, -0.25) is 9.59 Å². The number of anilines is 1. The van der Waals surface area contributed by atoms with Gasteiger partial charge < -0.3 is 20.5 Å². The zero-order chi connectivity index (χ0) is 12.6. The van der Waals surface area contributed by atoms with E-state index in [0.29, 0.717) is 11.4 Å². The molecule has 0 spiro atoms. The molecule has 2 unspecified atom stereocenters. The van der Waals surface area contributed by atoms with Crippen LogP contribution in [-0.4, -0.2) is 36.2 Å². The molecule has 1 amide bonds. The Balaban J connectivity index is 2.37. The van der Waals surface area contributed by atoms with Crippen molar-refractivity contribution in [2.75, 3.05) is 11.9 Å². The van der Waals surface area contributed by atoms with E-state index in [9.17, 15) is 9.59 Å². The molecule has 1 heterocycles. The maximum absolute atomic E-state index is 11.9. The third-order valence-corrected chi connectivity index (χ3v) is 2.67. The van der Waals surface area contributed by atoms with Crippen molar-refractivity contribution in [1.29, 1.82) is 0 Å². The van der Waals surface area contributed by atoms with Gasteiger partial charge in [0.15, 0.2) is 0 Å². The number of rotatable bonds is 2. The summed E-state index contributed by atoms with van der Waals surface area (Å²) in [7, 11) is 1.56. The average Bonchev–Trinajstić information content (AvgIpc) is 2.33. The molecule has 0 aromatic heterocycles. The SMILES string of the molecule is CN1C(=O)C(C(N)C(=O)O)Oc2ccccc21. The Kier molecular flexibility index (Phi) is 2.72. The number of carbonyl (C=O) groups is 2. The number of carboxylic acids is 1. The van der Waals surface area contributed by atoms with Gasteiger partial charge in [-0.2, -0.15) is 0 Å². The lowest BCUT2D eigenvalue weighted by atomic mass is 10.1. The van der Waals surface area contributed by atoms with Gasteiger partial charge >= 0.3 is 5.97 Å². The fraction of sp³-hybridized carbons (Fsp3) is 0.273. The van der Waals surface area contributed by atoms with Gasteiger partial charge in [-0.1, -0.05) is 12.1 Å². The van der Waals surface area contributed by atoms with E-state index in [0.717, 1.165) is 0 Å². The molecule has 6 nitrogen and oxygen atoms in total. The molecule has 17 heavy (non-hydrogen) atoms.